The van der Waals surface area contributed by atoms with Crippen LogP contribution in [0.15, 0.2) is 60.7 Å². The van der Waals surface area contributed by atoms with E-state index in [0.29, 0.717) is 25.1 Å². The molecule has 2 aliphatic heterocycles. The van der Waals surface area contributed by atoms with E-state index in [0.717, 1.165) is 5.69 Å². The van der Waals surface area contributed by atoms with Gasteiger partial charge in [0.1, 0.15) is 11.7 Å². The Bertz CT molecular complexity index is 937. The minimum absolute atomic E-state index is 0.172. The van der Waals surface area contributed by atoms with Gasteiger partial charge in [-0.1, -0.05) is 36.4 Å². The lowest BCUT2D eigenvalue weighted by molar-refractivity contribution is -0.189. The summed E-state index contributed by atoms with van der Waals surface area (Å²) in [5.74, 6) is -0.961. The molecule has 0 bridgehead atoms. The van der Waals surface area contributed by atoms with Gasteiger partial charge in [-0.3, -0.25) is 4.79 Å². The highest BCUT2D eigenvalue weighted by Gasteiger charge is 2.60. The van der Waals surface area contributed by atoms with Crippen LogP contribution < -0.4 is 16.0 Å². The molecule has 2 aliphatic rings. The topological polar surface area (TPSA) is 97.9 Å². The molecule has 0 spiro atoms. The van der Waals surface area contributed by atoms with E-state index in [1.807, 2.05) is 62.4 Å². The lowest BCUT2D eigenvalue weighted by Crippen LogP contribution is -2.51. The zero-order valence-corrected chi connectivity index (χ0v) is 18.3. The van der Waals surface area contributed by atoms with Crippen molar-refractivity contribution in [3.8, 4) is 0 Å². The number of benzene rings is 2. The van der Waals surface area contributed by atoms with Crippen LogP contribution in [0.5, 0.6) is 0 Å². The van der Waals surface area contributed by atoms with Gasteiger partial charge in [0.25, 0.3) is 5.91 Å². The highest BCUT2D eigenvalue weighted by atomic mass is 16.8. The Morgan fingerprint density at radius 2 is 1.69 bits per heavy atom. The summed E-state index contributed by atoms with van der Waals surface area (Å²) < 4.78 is 18.4. The second-order valence-electron chi connectivity index (χ2n) is 8.54. The Morgan fingerprint density at radius 3 is 2.41 bits per heavy atom. The number of rotatable bonds is 7. The van der Waals surface area contributed by atoms with Gasteiger partial charge in [0.2, 0.25) is 0 Å². The molecule has 3 N–H and O–H groups in total. The Labute approximate surface area is 187 Å². The van der Waals surface area contributed by atoms with Crippen LogP contribution in [-0.2, 0) is 14.2 Å². The number of anilines is 1. The lowest BCUT2D eigenvalue weighted by atomic mass is 9.95. The predicted octanol–water partition coefficient (Wildman–Crippen LogP) is 2.92. The van der Waals surface area contributed by atoms with Gasteiger partial charge in [0.15, 0.2) is 5.79 Å². The molecular formula is C24H29N3O5. The molecule has 2 heterocycles. The molecule has 2 fully saturated rings. The Kier molecular flexibility index (Phi) is 6.45. The van der Waals surface area contributed by atoms with E-state index in [4.69, 9.17) is 14.2 Å². The average molecular weight is 440 g/mol. The number of ether oxygens (including phenoxy) is 3. The quantitative estimate of drug-likeness (QED) is 0.616. The summed E-state index contributed by atoms with van der Waals surface area (Å²) in [7, 11) is 0. The van der Waals surface area contributed by atoms with Crippen LogP contribution in [0.4, 0.5) is 10.5 Å². The summed E-state index contributed by atoms with van der Waals surface area (Å²) in [6, 6.07) is 18.0. The van der Waals surface area contributed by atoms with E-state index in [1.54, 1.807) is 12.1 Å². The van der Waals surface area contributed by atoms with Crippen LogP contribution in [0.1, 0.15) is 30.6 Å². The number of carbonyl (C=O) groups excluding carboxylic acids is 2. The standard InChI is InChI=1S/C24H29N3O5/c1-23(2)31-20-19(13-14-25-22(29)27-18-11-7-4-8-12-18)30-16-24(20,32-23)15-26-21(28)17-9-5-3-6-10-17/h3-12,19-20H,13-16H2,1-2H3,(H,26,28)(H2,25,27,29)/t19-,20-,24+/m1/s1. The zero-order chi connectivity index (χ0) is 22.6. The normalized spacial score (nSPS) is 25.7. The molecule has 0 aliphatic carbocycles. The number of para-hydroxylation sites is 1. The third-order valence-corrected chi connectivity index (χ3v) is 5.59. The molecule has 0 radical (unpaired) electrons. The molecule has 32 heavy (non-hydrogen) atoms. The lowest BCUT2D eigenvalue weighted by Gasteiger charge is -2.27. The third-order valence-electron chi connectivity index (χ3n) is 5.59. The number of nitrogens with one attached hydrogen (secondary N) is 3. The first-order valence-electron chi connectivity index (χ1n) is 10.8. The van der Waals surface area contributed by atoms with E-state index in [1.165, 1.54) is 0 Å². The molecule has 2 aromatic carbocycles. The number of hydrogen-bond acceptors (Lipinski definition) is 5. The van der Waals surface area contributed by atoms with E-state index in [2.05, 4.69) is 16.0 Å². The molecule has 2 saturated heterocycles. The van der Waals surface area contributed by atoms with E-state index in [-0.39, 0.29) is 30.7 Å². The highest BCUT2D eigenvalue weighted by molar-refractivity contribution is 5.94. The molecule has 2 aromatic rings. The molecule has 3 amide bonds. The first kappa shape index (κ1) is 22.3. The summed E-state index contributed by atoms with van der Waals surface area (Å²) in [5, 5.41) is 8.59. The minimum Gasteiger partial charge on any atom is -0.372 e. The number of urea groups is 1. The number of amides is 3. The van der Waals surface area contributed by atoms with E-state index in [9.17, 15) is 9.59 Å². The van der Waals surface area contributed by atoms with Gasteiger partial charge < -0.3 is 30.2 Å². The van der Waals surface area contributed by atoms with Gasteiger partial charge in [-0.25, -0.2) is 4.79 Å². The molecule has 0 aromatic heterocycles. The second-order valence-corrected chi connectivity index (χ2v) is 8.54. The summed E-state index contributed by atoms with van der Waals surface area (Å²) >= 11 is 0. The molecule has 170 valence electrons. The van der Waals surface area contributed by atoms with Crippen LogP contribution >= 0.6 is 0 Å². The molecule has 0 unspecified atom stereocenters. The van der Waals surface area contributed by atoms with Gasteiger partial charge in [-0.15, -0.1) is 0 Å². The summed E-state index contributed by atoms with van der Waals surface area (Å²) in [4.78, 5) is 24.6. The van der Waals surface area contributed by atoms with Crippen LogP contribution in [0.2, 0.25) is 0 Å². The molecule has 4 rings (SSSR count). The van der Waals surface area contributed by atoms with Gasteiger partial charge in [0.05, 0.1) is 19.3 Å². The fourth-order valence-electron chi connectivity index (χ4n) is 4.22. The Balaban J connectivity index is 1.32. The third kappa shape index (κ3) is 5.09. The fraction of sp³-hybridized carbons (Fsp3) is 0.417. The van der Waals surface area contributed by atoms with Crippen LogP contribution in [0, 0.1) is 0 Å². The molecule has 0 saturated carbocycles. The fourth-order valence-corrected chi connectivity index (χ4v) is 4.22. The molecule has 8 heteroatoms. The maximum Gasteiger partial charge on any atom is 0.319 e. The smallest absolute Gasteiger partial charge is 0.319 e. The van der Waals surface area contributed by atoms with Crippen molar-refractivity contribution in [3.05, 3.63) is 66.2 Å². The van der Waals surface area contributed by atoms with Crippen LogP contribution in [0.3, 0.4) is 0 Å². The van der Waals surface area contributed by atoms with Crippen molar-refractivity contribution in [2.45, 2.75) is 43.9 Å². The number of carbonyl (C=O) groups is 2. The largest absolute Gasteiger partial charge is 0.372 e. The van der Waals surface area contributed by atoms with E-state index < -0.39 is 11.4 Å². The second kappa shape index (κ2) is 9.28. The van der Waals surface area contributed by atoms with Crippen molar-refractivity contribution in [1.82, 2.24) is 10.6 Å². The highest BCUT2D eigenvalue weighted by Crippen LogP contribution is 2.43. The van der Waals surface area contributed by atoms with Crippen molar-refractivity contribution in [3.63, 3.8) is 0 Å². The van der Waals surface area contributed by atoms with Gasteiger partial charge in [-0.05, 0) is 44.5 Å². The van der Waals surface area contributed by atoms with Crippen molar-refractivity contribution in [1.29, 1.82) is 0 Å². The molecule has 3 atom stereocenters. The maximum absolute atomic E-state index is 12.5. The average Bonchev–Trinajstić information content (AvgIpc) is 3.24. The Morgan fingerprint density at radius 1 is 1.00 bits per heavy atom. The zero-order valence-electron chi connectivity index (χ0n) is 18.3. The summed E-state index contributed by atoms with van der Waals surface area (Å²) in [6.45, 7) is 4.70. The summed E-state index contributed by atoms with van der Waals surface area (Å²) in [6.07, 6.45) is -0.0595. The van der Waals surface area contributed by atoms with Crippen molar-refractivity contribution < 1.29 is 23.8 Å². The number of hydrogen-bond donors (Lipinski definition) is 3. The maximum atomic E-state index is 12.5. The van der Waals surface area contributed by atoms with Crippen molar-refractivity contribution in [2.75, 3.05) is 25.0 Å². The number of fused-ring (bicyclic) bond motifs is 1. The van der Waals surface area contributed by atoms with Crippen LogP contribution in [-0.4, -0.2) is 55.2 Å². The van der Waals surface area contributed by atoms with Gasteiger partial charge >= 0.3 is 6.03 Å². The molecule has 8 nitrogen and oxygen atoms in total. The van der Waals surface area contributed by atoms with Gasteiger partial charge in [0, 0.05) is 17.8 Å². The van der Waals surface area contributed by atoms with E-state index >= 15 is 0 Å². The van der Waals surface area contributed by atoms with Gasteiger partial charge in [-0.2, -0.15) is 0 Å². The minimum atomic E-state index is -0.789. The Hall–Kier alpha value is -2.94. The predicted molar refractivity (Wildman–Crippen MR) is 119 cm³/mol. The van der Waals surface area contributed by atoms with Crippen molar-refractivity contribution >= 4 is 17.6 Å². The molecular weight excluding hydrogens is 410 g/mol. The SMILES string of the molecule is CC1(C)O[C@@H]2[C@@H](CCNC(=O)Nc3ccccc3)OC[C@]2(CNC(=O)c2ccccc2)O1. The van der Waals surface area contributed by atoms with Crippen LogP contribution in [0.25, 0.3) is 0 Å². The van der Waals surface area contributed by atoms with Crippen molar-refractivity contribution in [2.24, 2.45) is 0 Å². The summed E-state index contributed by atoms with van der Waals surface area (Å²) in [5.41, 5.74) is 0.539. The first-order chi connectivity index (χ1) is 15.4. The first-order valence-corrected chi connectivity index (χ1v) is 10.8. The monoisotopic (exact) mass is 439 g/mol.